The summed E-state index contributed by atoms with van der Waals surface area (Å²) in [4.78, 5) is 5.02. The van der Waals surface area contributed by atoms with Gasteiger partial charge in [0.05, 0.1) is 6.10 Å². The molecule has 2 fully saturated rings. The van der Waals surface area contributed by atoms with E-state index >= 15 is 0 Å². The molecular weight excluding hydrogens is 238 g/mol. The molecule has 0 amide bonds. The summed E-state index contributed by atoms with van der Waals surface area (Å²) in [7, 11) is 2.03. The van der Waals surface area contributed by atoms with Crippen LogP contribution in [0.5, 0.6) is 0 Å². The third kappa shape index (κ3) is 5.03. The Bertz CT molecular complexity index is 234. The van der Waals surface area contributed by atoms with Crippen LogP contribution in [0.2, 0.25) is 0 Å². The van der Waals surface area contributed by atoms with Gasteiger partial charge in [-0.3, -0.25) is 4.90 Å². The van der Waals surface area contributed by atoms with Gasteiger partial charge in [-0.05, 0) is 58.3 Å². The van der Waals surface area contributed by atoms with Crippen LogP contribution >= 0.6 is 0 Å². The van der Waals surface area contributed by atoms with E-state index in [0.717, 1.165) is 19.2 Å². The minimum absolute atomic E-state index is 0.526. The SMILES string of the molecule is CCN1CCC(OCC2CCN(CNC)CC2)CC1. The van der Waals surface area contributed by atoms with Crippen LogP contribution in [-0.4, -0.2) is 69.0 Å². The Morgan fingerprint density at radius 2 is 1.63 bits per heavy atom. The minimum atomic E-state index is 0.526. The summed E-state index contributed by atoms with van der Waals surface area (Å²) in [5, 5.41) is 3.24. The van der Waals surface area contributed by atoms with E-state index in [-0.39, 0.29) is 0 Å². The lowest BCUT2D eigenvalue weighted by atomic mass is 9.98. The Balaban J connectivity index is 1.57. The molecule has 1 N–H and O–H groups in total. The Morgan fingerprint density at radius 1 is 1.00 bits per heavy atom. The van der Waals surface area contributed by atoms with Crippen LogP contribution in [0.3, 0.4) is 0 Å². The van der Waals surface area contributed by atoms with Crippen LogP contribution in [0.25, 0.3) is 0 Å². The van der Waals surface area contributed by atoms with Gasteiger partial charge in [0.1, 0.15) is 0 Å². The molecule has 2 aliphatic rings. The number of nitrogens with one attached hydrogen (secondary N) is 1. The molecule has 0 saturated carbocycles. The maximum absolute atomic E-state index is 6.15. The van der Waals surface area contributed by atoms with Crippen LogP contribution in [0.15, 0.2) is 0 Å². The van der Waals surface area contributed by atoms with Gasteiger partial charge >= 0.3 is 0 Å². The lowest BCUT2D eigenvalue weighted by Gasteiger charge is -2.34. The first kappa shape index (κ1) is 15.2. The van der Waals surface area contributed by atoms with Crippen molar-refractivity contribution in [2.24, 2.45) is 5.92 Å². The molecule has 0 aliphatic carbocycles. The minimum Gasteiger partial charge on any atom is -0.378 e. The molecule has 0 spiro atoms. The molecular formula is C15H31N3O. The van der Waals surface area contributed by atoms with Crippen molar-refractivity contribution in [2.45, 2.75) is 38.7 Å². The molecule has 0 radical (unpaired) electrons. The standard InChI is InChI=1S/C15H31N3O/c1-3-17-10-6-15(7-11-17)19-12-14-4-8-18(9-5-14)13-16-2/h14-16H,3-13H2,1-2H3. The third-order valence-electron chi connectivity index (χ3n) is 4.64. The van der Waals surface area contributed by atoms with Crippen molar-refractivity contribution in [2.75, 3.05) is 53.0 Å². The fraction of sp³-hybridized carbons (Fsp3) is 1.00. The highest BCUT2D eigenvalue weighted by molar-refractivity contribution is 4.74. The van der Waals surface area contributed by atoms with Gasteiger partial charge < -0.3 is 15.0 Å². The molecule has 0 bridgehead atoms. The van der Waals surface area contributed by atoms with E-state index in [1.807, 2.05) is 7.05 Å². The molecule has 2 saturated heterocycles. The van der Waals surface area contributed by atoms with Gasteiger partial charge in [-0.25, -0.2) is 0 Å². The fourth-order valence-corrected chi connectivity index (χ4v) is 3.20. The highest BCUT2D eigenvalue weighted by Crippen LogP contribution is 2.20. The number of likely N-dealkylation sites (tertiary alicyclic amines) is 2. The second-order valence-corrected chi connectivity index (χ2v) is 6.04. The quantitative estimate of drug-likeness (QED) is 0.788. The van der Waals surface area contributed by atoms with Gasteiger partial charge in [0.25, 0.3) is 0 Å². The Labute approximate surface area is 118 Å². The van der Waals surface area contributed by atoms with Crippen molar-refractivity contribution < 1.29 is 4.74 Å². The molecule has 2 heterocycles. The molecule has 0 aromatic rings. The van der Waals surface area contributed by atoms with Crippen molar-refractivity contribution in [1.82, 2.24) is 15.1 Å². The Hall–Kier alpha value is -0.160. The maximum atomic E-state index is 6.15. The molecule has 19 heavy (non-hydrogen) atoms. The molecule has 112 valence electrons. The second-order valence-electron chi connectivity index (χ2n) is 6.04. The molecule has 4 nitrogen and oxygen atoms in total. The topological polar surface area (TPSA) is 27.7 Å². The molecule has 0 atom stereocenters. The van der Waals surface area contributed by atoms with E-state index in [1.165, 1.54) is 58.4 Å². The molecule has 4 heteroatoms. The van der Waals surface area contributed by atoms with E-state index < -0.39 is 0 Å². The third-order valence-corrected chi connectivity index (χ3v) is 4.64. The largest absolute Gasteiger partial charge is 0.378 e. The number of piperidine rings is 2. The molecule has 2 rings (SSSR count). The lowest BCUT2D eigenvalue weighted by Crippen LogP contribution is -2.41. The smallest absolute Gasteiger partial charge is 0.0599 e. The van der Waals surface area contributed by atoms with Crippen LogP contribution in [0, 0.1) is 5.92 Å². The summed E-state index contributed by atoms with van der Waals surface area (Å²) in [5.41, 5.74) is 0. The summed E-state index contributed by atoms with van der Waals surface area (Å²) in [5.74, 6) is 0.789. The van der Waals surface area contributed by atoms with E-state index in [2.05, 4.69) is 22.0 Å². The van der Waals surface area contributed by atoms with Gasteiger partial charge in [0.15, 0.2) is 0 Å². The van der Waals surface area contributed by atoms with Crippen molar-refractivity contribution in [3.05, 3.63) is 0 Å². The average Bonchev–Trinajstić information content (AvgIpc) is 2.47. The van der Waals surface area contributed by atoms with Gasteiger partial charge in [-0.1, -0.05) is 6.92 Å². The zero-order valence-corrected chi connectivity index (χ0v) is 12.7. The predicted octanol–water partition coefficient (Wildman–Crippen LogP) is 1.38. The zero-order chi connectivity index (χ0) is 13.5. The van der Waals surface area contributed by atoms with E-state index in [9.17, 15) is 0 Å². The van der Waals surface area contributed by atoms with Gasteiger partial charge in [0.2, 0.25) is 0 Å². The van der Waals surface area contributed by atoms with Gasteiger partial charge in [-0.15, -0.1) is 0 Å². The first-order chi connectivity index (χ1) is 9.31. The van der Waals surface area contributed by atoms with Gasteiger partial charge in [0, 0.05) is 26.4 Å². The van der Waals surface area contributed by atoms with Gasteiger partial charge in [-0.2, -0.15) is 0 Å². The van der Waals surface area contributed by atoms with Crippen LogP contribution in [0.4, 0.5) is 0 Å². The van der Waals surface area contributed by atoms with E-state index in [0.29, 0.717) is 6.10 Å². The normalized spacial score (nSPS) is 24.9. The molecule has 0 unspecified atom stereocenters. The predicted molar refractivity (Wildman–Crippen MR) is 79.3 cm³/mol. The summed E-state index contributed by atoms with van der Waals surface area (Å²) < 4.78 is 6.15. The lowest BCUT2D eigenvalue weighted by molar-refractivity contribution is -0.0187. The highest BCUT2D eigenvalue weighted by Gasteiger charge is 2.22. The van der Waals surface area contributed by atoms with Crippen LogP contribution < -0.4 is 5.32 Å². The van der Waals surface area contributed by atoms with Crippen LogP contribution in [-0.2, 0) is 4.74 Å². The first-order valence-electron chi connectivity index (χ1n) is 8.02. The zero-order valence-electron chi connectivity index (χ0n) is 12.7. The molecule has 2 aliphatic heterocycles. The van der Waals surface area contributed by atoms with E-state index in [4.69, 9.17) is 4.74 Å². The highest BCUT2D eigenvalue weighted by atomic mass is 16.5. The number of hydrogen-bond acceptors (Lipinski definition) is 4. The summed E-state index contributed by atoms with van der Waals surface area (Å²) in [6.45, 7) is 10.4. The Kier molecular flexibility index (Phi) is 6.57. The summed E-state index contributed by atoms with van der Waals surface area (Å²) in [6.07, 6.45) is 5.59. The maximum Gasteiger partial charge on any atom is 0.0599 e. The number of ether oxygens (including phenoxy) is 1. The average molecular weight is 269 g/mol. The second kappa shape index (κ2) is 8.20. The van der Waals surface area contributed by atoms with Crippen molar-refractivity contribution in [1.29, 1.82) is 0 Å². The fourth-order valence-electron chi connectivity index (χ4n) is 3.20. The Morgan fingerprint density at radius 3 is 2.21 bits per heavy atom. The first-order valence-corrected chi connectivity index (χ1v) is 8.02. The molecule has 0 aromatic heterocycles. The monoisotopic (exact) mass is 269 g/mol. The number of nitrogens with zero attached hydrogens (tertiary/aromatic N) is 2. The van der Waals surface area contributed by atoms with Crippen molar-refractivity contribution in [3.8, 4) is 0 Å². The summed E-state index contributed by atoms with van der Waals surface area (Å²) >= 11 is 0. The van der Waals surface area contributed by atoms with Crippen LogP contribution in [0.1, 0.15) is 32.6 Å². The van der Waals surface area contributed by atoms with E-state index in [1.54, 1.807) is 0 Å². The molecule has 0 aromatic carbocycles. The number of rotatable bonds is 6. The van der Waals surface area contributed by atoms with Crippen molar-refractivity contribution in [3.63, 3.8) is 0 Å². The van der Waals surface area contributed by atoms with Crippen molar-refractivity contribution >= 4 is 0 Å². The summed E-state index contributed by atoms with van der Waals surface area (Å²) in [6, 6.07) is 0. The number of hydrogen-bond donors (Lipinski definition) is 1.